The zero-order valence-corrected chi connectivity index (χ0v) is 19.2. The predicted molar refractivity (Wildman–Crippen MR) is 127 cm³/mol. The van der Waals surface area contributed by atoms with E-state index < -0.39 is 5.97 Å². The average Bonchev–Trinajstić information content (AvgIpc) is 2.74. The molecule has 1 aliphatic rings. The van der Waals surface area contributed by atoms with Crippen LogP contribution in [0.4, 0.5) is 0 Å². The van der Waals surface area contributed by atoms with Gasteiger partial charge in [-0.25, -0.2) is 4.79 Å². The zero-order chi connectivity index (χ0) is 22.4. The highest BCUT2D eigenvalue weighted by Gasteiger charge is 2.37. The molecule has 4 rings (SSSR count). The highest BCUT2D eigenvalue weighted by molar-refractivity contribution is 5.93. The third-order valence-corrected chi connectivity index (χ3v) is 6.82. The minimum atomic E-state index is -0.965. The largest absolute Gasteiger partial charge is 0.493 e. The molecule has 3 aromatic rings. The van der Waals surface area contributed by atoms with E-state index >= 15 is 0 Å². The van der Waals surface area contributed by atoms with Crippen LogP contribution in [0.3, 0.4) is 0 Å². The van der Waals surface area contributed by atoms with Crippen molar-refractivity contribution in [3.8, 4) is 16.9 Å². The van der Waals surface area contributed by atoms with Crippen LogP contribution in [0.5, 0.6) is 5.75 Å². The summed E-state index contributed by atoms with van der Waals surface area (Å²) in [6.07, 6.45) is 3.22. The first-order chi connectivity index (χ1) is 14.6. The Morgan fingerprint density at radius 2 is 1.45 bits per heavy atom. The van der Waals surface area contributed by atoms with Crippen molar-refractivity contribution in [1.82, 2.24) is 0 Å². The van der Waals surface area contributed by atoms with E-state index in [1.54, 1.807) is 6.07 Å². The molecule has 162 valence electrons. The van der Waals surface area contributed by atoms with Crippen LogP contribution >= 0.6 is 0 Å². The normalized spacial score (nSPS) is 16.7. The Bertz CT molecular complexity index is 1150. The van der Waals surface area contributed by atoms with Crippen molar-refractivity contribution >= 4 is 16.7 Å². The first-order valence-electron chi connectivity index (χ1n) is 11.2. The lowest BCUT2D eigenvalue weighted by Gasteiger charge is -2.42. The molecule has 3 aromatic carbocycles. The van der Waals surface area contributed by atoms with Crippen LogP contribution in [0.15, 0.2) is 48.5 Å². The third-order valence-electron chi connectivity index (χ3n) is 6.82. The van der Waals surface area contributed by atoms with E-state index in [4.69, 9.17) is 4.74 Å². The second kappa shape index (κ2) is 7.71. The van der Waals surface area contributed by atoms with Crippen LogP contribution in [-0.4, -0.2) is 17.7 Å². The van der Waals surface area contributed by atoms with Crippen LogP contribution < -0.4 is 4.74 Å². The van der Waals surface area contributed by atoms with Crippen LogP contribution in [0.2, 0.25) is 0 Å². The molecule has 0 fully saturated rings. The number of carbonyl (C=O) groups is 1. The summed E-state index contributed by atoms with van der Waals surface area (Å²) in [6.45, 7) is 11.9. The molecule has 0 aliphatic heterocycles. The number of fused-ring (bicyclic) bond motifs is 2. The molecule has 0 atom stereocenters. The molecule has 1 N–H and O–H groups in total. The molecule has 0 radical (unpaired) electrons. The van der Waals surface area contributed by atoms with Crippen LogP contribution in [0.1, 0.15) is 75.4 Å². The molecule has 0 saturated heterocycles. The summed E-state index contributed by atoms with van der Waals surface area (Å²) in [5, 5.41) is 12.0. The molecule has 0 heterocycles. The Labute approximate surface area is 185 Å². The minimum Gasteiger partial charge on any atom is -0.493 e. The lowest BCUT2D eigenvalue weighted by Crippen LogP contribution is -2.33. The van der Waals surface area contributed by atoms with Gasteiger partial charge in [0.25, 0.3) is 0 Å². The van der Waals surface area contributed by atoms with Crippen molar-refractivity contribution in [2.75, 3.05) is 6.61 Å². The van der Waals surface area contributed by atoms with Crippen molar-refractivity contribution in [2.45, 2.75) is 64.7 Å². The Kier molecular flexibility index (Phi) is 5.33. The van der Waals surface area contributed by atoms with E-state index in [1.165, 1.54) is 34.7 Å². The molecule has 0 aromatic heterocycles. The van der Waals surface area contributed by atoms with Gasteiger partial charge >= 0.3 is 5.97 Å². The Morgan fingerprint density at radius 3 is 2.06 bits per heavy atom. The van der Waals surface area contributed by atoms with Gasteiger partial charge < -0.3 is 9.84 Å². The van der Waals surface area contributed by atoms with Gasteiger partial charge in [-0.3, -0.25) is 0 Å². The second-order valence-electron chi connectivity index (χ2n) is 10.1. The van der Waals surface area contributed by atoms with Gasteiger partial charge in [-0.1, -0.05) is 65.0 Å². The van der Waals surface area contributed by atoms with E-state index in [2.05, 4.69) is 58.0 Å². The van der Waals surface area contributed by atoms with Crippen molar-refractivity contribution < 1.29 is 14.6 Å². The molecule has 3 heteroatoms. The van der Waals surface area contributed by atoms with Gasteiger partial charge in [0.15, 0.2) is 0 Å². The molecule has 0 amide bonds. The van der Waals surface area contributed by atoms with Gasteiger partial charge in [0.1, 0.15) is 11.3 Å². The smallest absolute Gasteiger partial charge is 0.339 e. The topological polar surface area (TPSA) is 46.5 Å². The Balaban J connectivity index is 1.82. The van der Waals surface area contributed by atoms with Gasteiger partial charge in [0.05, 0.1) is 6.61 Å². The summed E-state index contributed by atoms with van der Waals surface area (Å²) < 4.78 is 5.74. The van der Waals surface area contributed by atoms with E-state index in [0.29, 0.717) is 12.4 Å². The first-order valence-corrected chi connectivity index (χ1v) is 11.2. The second-order valence-corrected chi connectivity index (χ2v) is 10.1. The Morgan fingerprint density at radius 1 is 0.871 bits per heavy atom. The Hall–Kier alpha value is -2.81. The predicted octanol–water partition coefficient (Wildman–Crippen LogP) is 7.34. The summed E-state index contributed by atoms with van der Waals surface area (Å²) in [5.41, 5.74) is 5.51. The highest BCUT2D eigenvalue weighted by atomic mass is 16.5. The summed E-state index contributed by atoms with van der Waals surface area (Å²) in [4.78, 5) is 11.6. The number of hydrogen-bond donors (Lipinski definition) is 1. The van der Waals surface area contributed by atoms with E-state index in [-0.39, 0.29) is 16.4 Å². The van der Waals surface area contributed by atoms with Gasteiger partial charge in [-0.15, -0.1) is 0 Å². The summed E-state index contributed by atoms with van der Waals surface area (Å²) in [5.74, 6) is -0.534. The fraction of sp³-hybridized carbons (Fsp3) is 0.393. The monoisotopic (exact) mass is 416 g/mol. The number of carboxylic acids is 1. The van der Waals surface area contributed by atoms with Crippen molar-refractivity contribution in [2.24, 2.45) is 0 Å². The highest BCUT2D eigenvalue weighted by Crippen LogP contribution is 2.47. The molecule has 3 nitrogen and oxygen atoms in total. The van der Waals surface area contributed by atoms with Crippen LogP contribution in [-0.2, 0) is 10.8 Å². The lowest BCUT2D eigenvalue weighted by molar-refractivity contribution is 0.0692. The number of hydrogen-bond acceptors (Lipinski definition) is 2. The minimum absolute atomic E-state index is 0.166. The molecule has 0 saturated carbocycles. The fourth-order valence-electron chi connectivity index (χ4n) is 4.70. The molecule has 1 aliphatic carbocycles. The van der Waals surface area contributed by atoms with Crippen LogP contribution in [0.25, 0.3) is 21.9 Å². The molecular weight excluding hydrogens is 384 g/mol. The molecule has 31 heavy (non-hydrogen) atoms. The van der Waals surface area contributed by atoms with E-state index in [0.717, 1.165) is 17.5 Å². The van der Waals surface area contributed by atoms with Gasteiger partial charge in [0.2, 0.25) is 0 Å². The van der Waals surface area contributed by atoms with Crippen LogP contribution in [0, 0.1) is 0 Å². The van der Waals surface area contributed by atoms with E-state index in [9.17, 15) is 9.90 Å². The maximum atomic E-state index is 11.6. The third kappa shape index (κ3) is 3.94. The average molecular weight is 417 g/mol. The number of aromatic carboxylic acids is 1. The quantitative estimate of drug-likeness (QED) is 0.473. The molecule has 0 unspecified atom stereocenters. The van der Waals surface area contributed by atoms with Gasteiger partial charge in [-0.05, 0) is 81.3 Å². The lowest BCUT2D eigenvalue weighted by atomic mass is 9.63. The summed E-state index contributed by atoms with van der Waals surface area (Å²) in [6, 6.07) is 16.6. The SMILES string of the molecule is CCCOc1cc(-c2ccc3cc4c(cc3c2)C(C)(C)CCC4(C)C)ccc1C(=O)O. The van der Waals surface area contributed by atoms with Gasteiger partial charge in [0, 0.05) is 0 Å². The molecular formula is C28H32O3. The summed E-state index contributed by atoms with van der Waals surface area (Å²) in [7, 11) is 0. The zero-order valence-electron chi connectivity index (χ0n) is 19.2. The van der Waals surface area contributed by atoms with Crippen molar-refractivity contribution in [3.63, 3.8) is 0 Å². The fourth-order valence-corrected chi connectivity index (χ4v) is 4.70. The maximum absolute atomic E-state index is 11.6. The number of benzene rings is 3. The number of ether oxygens (including phenoxy) is 1. The van der Waals surface area contributed by atoms with Crippen molar-refractivity contribution in [1.29, 1.82) is 0 Å². The van der Waals surface area contributed by atoms with Crippen molar-refractivity contribution in [3.05, 3.63) is 65.2 Å². The van der Waals surface area contributed by atoms with Gasteiger partial charge in [-0.2, -0.15) is 0 Å². The maximum Gasteiger partial charge on any atom is 0.339 e. The standard InChI is InChI=1S/C28H32O3/c1-6-13-31-25-17-20(9-10-22(25)26(29)30)18-7-8-19-15-23-24(16-21(19)14-18)28(4,5)12-11-27(23,2)3/h7-10,14-17H,6,11-13H2,1-5H3,(H,29,30). The molecule has 0 bridgehead atoms. The van der Waals surface area contributed by atoms with E-state index in [1.807, 2.05) is 19.1 Å². The summed E-state index contributed by atoms with van der Waals surface area (Å²) >= 11 is 0. The first kappa shape index (κ1) is 21.4. The molecule has 0 spiro atoms. The number of carboxylic acid groups (broad SMARTS) is 1. The number of rotatable bonds is 5.